The lowest BCUT2D eigenvalue weighted by Crippen LogP contribution is -2.39. The van der Waals surface area contributed by atoms with Gasteiger partial charge in [-0.1, -0.05) is 12.1 Å². The van der Waals surface area contributed by atoms with Crippen molar-refractivity contribution in [2.45, 2.75) is 6.10 Å². The van der Waals surface area contributed by atoms with Crippen molar-refractivity contribution in [2.75, 3.05) is 24.6 Å². The van der Waals surface area contributed by atoms with Gasteiger partial charge in [-0.2, -0.15) is 0 Å². The predicted molar refractivity (Wildman–Crippen MR) is 78.0 cm³/mol. The average Bonchev–Trinajstić information content (AvgIpc) is 2.55. The number of rotatable bonds is 3. The van der Waals surface area contributed by atoms with Gasteiger partial charge < -0.3 is 19.8 Å². The van der Waals surface area contributed by atoms with E-state index in [2.05, 4.69) is 9.97 Å². The zero-order valence-corrected chi connectivity index (χ0v) is 11.7. The Morgan fingerprint density at radius 2 is 2.18 bits per heavy atom. The number of ether oxygens (including phenoxy) is 1. The second-order valence-corrected chi connectivity index (χ2v) is 4.97. The molecule has 7 heteroatoms. The van der Waals surface area contributed by atoms with E-state index in [1.54, 1.807) is 18.2 Å². The molecule has 1 atom stereocenters. The standard InChI is InChI=1S/C15H15N3O4/c19-11-3-1-2-10(6-11)13-9-18(4-5-22-13)14-8-16-12(7-17-14)15(20)21/h1-3,6-8,13,19H,4-5,9H2,(H,20,21). The number of carboxylic acids is 1. The maximum atomic E-state index is 10.8. The molecule has 0 spiro atoms. The molecule has 1 unspecified atom stereocenters. The van der Waals surface area contributed by atoms with Gasteiger partial charge in [0.1, 0.15) is 17.7 Å². The highest BCUT2D eigenvalue weighted by atomic mass is 16.5. The van der Waals surface area contributed by atoms with Gasteiger partial charge >= 0.3 is 5.97 Å². The number of aromatic hydroxyl groups is 1. The minimum Gasteiger partial charge on any atom is -0.508 e. The Balaban J connectivity index is 1.76. The highest BCUT2D eigenvalue weighted by molar-refractivity contribution is 5.84. The summed E-state index contributed by atoms with van der Waals surface area (Å²) in [6.45, 7) is 1.73. The zero-order chi connectivity index (χ0) is 15.5. The number of phenols is 1. The summed E-state index contributed by atoms with van der Waals surface area (Å²) in [5, 5.41) is 18.4. The van der Waals surface area contributed by atoms with Crippen LogP contribution < -0.4 is 4.90 Å². The molecule has 0 bridgehead atoms. The van der Waals surface area contributed by atoms with Crippen molar-refractivity contribution < 1.29 is 19.7 Å². The Labute approximate surface area is 126 Å². The number of anilines is 1. The van der Waals surface area contributed by atoms with Crippen molar-refractivity contribution in [3.8, 4) is 5.75 Å². The maximum Gasteiger partial charge on any atom is 0.356 e. The molecule has 114 valence electrons. The predicted octanol–water partition coefficient (Wildman–Crippen LogP) is 1.46. The monoisotopic (exact) mass is 301 g/mol. The Hall–Kier alpha value is -2.67. The van der Waals surface area contributed by atoms with Crippen LogP contribution in [0, 0.1) is 0 Å². The van der Waals surface area contributed by atoms with Crippen LogP contribution in [-0.2, 0) is 4.74 Å². The van der Waals surface area contributed by atoms with Crippen LogP contribution in [0.4, 0.5) is 5.82 Å². The van der Waals surface area contributed by atoms with Gasteiger partial charge in [0.05, 0.1) is 19.0 Å². The van der Waals surface area contributed by atoms with Gasteiger partial charge in [-0.05, 0) is 17.7 Å². The zero-order valence-electron chi connectivity index (χ0n) is 11.7. The lowest BCUT2D eigenvalue weighted by atomic mass is 10.1. The number of hydrogen-bond acceptors (Lipinski definition) is 6. The molecule has 0 radical (unpaired) electrons. The van der Waals surface area contributed by atoms with E-state index in [9.17, 15) is 9.90 Å². The van der Waals surface area contributed by atoms with Crippen LogP contribution in [0.1, 0.15) is 22.2 Å². The normalized spacial score (nSPS) is 18.2. The lowest BCUT2D eigenvalue weighted by molar-refractivity contribution is 0.0393. The molecular weight excluding hydrogens is 286 g/mol. The van der Waals surface area contributed by atoms with Crippen LogP contribution in [0.25, 0.3) is 0 Å². The van der Waals surface area contributed by atoms with Crippen LogP contribution in [0.5, 0.6) is 5.75 Å². The van der Waals surface area contributed by atoms with Crippen LogP contribution in [-0.4, -0.2) is 45.8 Å². The van der Waals surface area contributed by atoms with Crippen molar-refractivity contribution in [2.24, 2.45) is 0 Å². The summed E-state index contributed by atoms with van der Waals surface area (Å²) in [5.41, 5.74) is 0.807. The van der Waals surface area contributed by atoms with Crippen molar-refractivity contribution in [1.29, 1.82) is 0 Å². The van der Waals surface area contributed by atoms with Gasteiger partial charge in [-0.3, -0.25) is 0 Å². The first-order valence-electron chi connectivity index (χ1n) is 6.84. The molecule has 0 amide bonds. The average molecular weight is 301 g/mol. The largest absolute Gasteiger partial charge is 0.508 e. The Morgan fingerprint density at radius 3 is 2.86 bits per heavy atom. The third kappa shape index (κ3) is 2.99. The molecule has 1 aliphatic heterocycles. The molecule has 2 heterocycles. The molecule has 2 N–H and O–H groups in total. The van der Waals surface area contributed by atoms with Gasteiger partial charge in [-0.25, -0.2) is 14.8 Å². The molecule has 0 aliphatic carbocycles. The molecule has 1 aromatic heterocycles. The van der Waals surface area contributed by atoms with E-state index in [-0.39, 0.29) is 17.5 Å². The minimum atomic E-state index is -1.10. The smallest absolute Gasteiger partial charge is 0.356 e. The molecule has 0 saturated carbocycles. The van der Waals surface area contributed by atoms with Gasteiger partial charge in [0.2, 0.25) is 0 Å². The third-order valence-electron chi connectivity index (χ3n) is 3.49. The highest BCUT2D eigenvalue weighted by Crippen LogP contribution is 2.26. The molecule has 1 fully saturated rings. The van der Waals surface area contributed by atoms with E-state index >= 15 is 0 Å². The molecule has 1 aliphatic rings. The summed E-state index contributed by atoms with van der Waals surface area (Å²) in [6.07, 6.45) is 2.52. The second-order valence-electron chi connectivity index (χ2n) is 4.97. The van der Waals surface area contributed by atoms with Crippen molar-refractivity contribution in [1.82, 2.24) is 9.97 Å². The van der Waals surface area contributed by atoms with E-state index in [0.29, 0.717) is 25.5 Å². The summed E-state index contributed by atoms with van der Waals surface area (Å²) in [4.78, 5) is 20.8. The number of morpholine rings is 1. The highest BCUT2D eigenvalue weighted by Gasteiger charge is 2.23. The third-order valence-corrected chi connectivity index (χ3v) is 3.49. The fourth-order valence-electron chi connectivity index (χ4n) is 2.38. The number of aromatic nitrogens is 2. The van der Waals surface area contributed by atoms with Gasteiger partial charge in [0, 0.05) is 13.1 Å². The number of aromatic carboxylic acids is 1. The van der Waals surface area contributed by atoms with Crippen molar-refractivity contribution in [3.63, 3.8) is 0 Å². The number of benzene rings is 1. The lowest BCUT2D eigenvalue weighted by Gasteiger charge is -2.33. The first-order chi connectivity index (χ1) is 10.6. The molecule has 22 heavy (non-hydrogen) atoms. The van der Waals surface area contributed by atoms with E-state index < -0.39 is 5.97 Å². The van der Waals surface area contributed by atoms with Gasteiger partial charge in [0.15, 0.2) is 5.69 Å². The number of carboxylic acid groups (broad SMARTS) is 1. The summed E-state index contributed by atoms with van der Waals surface area (Å²) >= 11 is 0. The first-order valence-corrected chi connectivity index (χ1v) is 6.84. The van der Waals surface area contributed by atoms with E-state index in [4.69, 9.17) is 9.84 Å². The van der Waals surface area contributed by atoms with E-state index in [1.807, 2.05) is 11.0 Å². The minimum absolute atomic E-state index is 0.0819. The molecule has 3 rings (SSSR count). The quantitative estimate of drug-likeness (QED) is 0.886. The van der Waals surface area contributed by atoms with Crippen molar-refractivity contribution in [3.05, 3.63) is 47.9 Å². The number of nitrogens with zero attached hydrogens (tertiary/aromatic N) is 3. The van der Waals surface area contributed by atoms with Crippen LogP contribution in [0.2, 0.25) is 0 Å². The van der Waals surface area contributed by atoms with Crippen LogP contribution >= 0.6 is 0 Å². The van der Waals surface area contributed by atoms with Gasteiger partial charge in [0.25, 0.3) is 0 Å². The topological polar surface area (TPSA) is 95.8 Å². The first kappa shape index (κ1) is 14.3. The van der Waals surface area contributed by atoms with Crippen molar-refractivity contribution >= 4 is 11.8 Å². The Morgan fingerprint density at radius 1 is 1.32 bits per heavy atom. The summed E-state index contributed by atoms with van der Waals surface area (Å²) in [5.74, 6) is -0.291. The van der Waals surface area contributed by atoms with E-state index in [0.717, 1.165) is 5.56 Å². The number of carbonyl (C=O) groups is 1. The van der Waals surface area contributed by atoms with Crippen LogP contribution in [0.15, 0.2) is 36.7 Å². The molecule has 7 nitrogen and oxygen atoms in total. The molecule has 2 aromatic rings. The molecule has 1 aromatic carbocycles. The molecule has 1 saturated heterocycles. The summed E-state index contributed by atoms with van der Waals surface area (Å²) in [7, 11) is 0. The molecular formula is C15H15N3O4. The fraction of sp³-hybridized carbons (Fsp3) is 0.267. The van der Waals surface area contributed by atoms with E-state index in [1.165, 1.54) is 12.4 Å². The van der Waals surface area contributed by atoms with Gasteiger partial charge in [-0.15, -0.1) is 0 Å². The summed E-state index contributed by atoms with van der Waals surface area (Å²) < 4.78 is 5.74. The Kier molecular flexibility index (Phi) is 3.88. The SMILES string of the molecule is O=C(O)c1cnc(N2CCOC(c3cccc(O)c3)C2)cn1. The fourth-order valence-corrected chi connectivity index (χ4v) is 2.38. The maximum absolute atomic E-state index is 10.8. The van der Waals surface area contributed by atoms with Crippen LogP contribution in [0.3, 0.4) is 0 Å². The number of phenolic OH excluding ortho intramolecular Hbond substituents is 1. The second kappa shape index (κ2) is 5.98. The summed E-state index contributed by atoms with van der Waals surface area (Å²) in [6, 6.07) is 6.95. The number of hydrogen-bond donors (Lipinski definition) is 2. The Bertz CT molecular complexity index is 675.